The summed E-state index contributed by atoms with van der Waals surface area (Å²) >= 11 is 1.36. The third-order valence-electron chi connectivity index (χ3n) is 5.80. The number of carbonyl (C=O) groups is 1. The van der Waals surface area contributed by atoms with Gasteiger partial charge in [0.05, 0.1) is 27.3 Å². The lowest BCUT2D eigenvalue weighted by atomic mass is 10.2. The quantitative estimate of drug-likeness (QED) is 0.328. The van der Waals surface area contributed by atoms with Crippen LogP contribution in [0.5, 0.6) is 11.5 Å². The van der Waals surface area contributed by atoms with Gasteiger partial charge in [-0.25, -0.2) is 13.4 Å². The minimum absolute atomic E-state index is 0. The normalized spacial score (nSPS) is 12.3. The Labute approximate surface area is 237 Å². The molecule has 0 atom stereocenters. The second-order valence-electron chi connectivity index (χ2n) is 8.67. The summed E-state index contributed by atoms with van der Waals surface area (Å²) in [5.41, 5.74) is 0.991. The second kappa shape index (κ2) is 13.1. The van der Waals surface area contributed by atoms with E-state index in [4.69, 9.17) is 20.0 Å². The van der Waals surface area contributed by atoms with Crippen molar-refractivity contribution in [3.8, 4) is 23.6 Å². The van der Waals surface area contributed by atoms with E-state index in [1.54, 1.807) is 11.0 Å². The number of amides is 1. The maximum Gasteiger partial charge on any atom is 0.260 e. The minimum atomic E-state index is -3.94. The fraction of sp³-hybridized carbons (Fsp3) is 0.360. The number of rotatable bonds is 11. The number of sulfonamides is 1. The van der Waals surface area contributed by atoms with Gasteiger partial charge in [0.25, 0.3) is 5.91 Å². The highest BCUT2D eigenvalue weighted by molar-refractivity contribution is 7.89. The highest BCUT2D eigenvalue weighted by Gasteiger charge is 2.26. The lowest BCUT2D eigenvalue weighted by Gasteiger charge is -2.22. The van der Waals surface area contributed by atoms with Crippen LogP contribution in [0.2, 0.25) is 0 Å². The topological polar surface area (TPSA) is 140 Å². The number of thiazole rings is 1. The Morgan fingerprint density at radius 2 is 1.62 bits per heavy atom. The maximum absolute atomic E-state index is 13.6. The first-order chi connectivity index (χ1) is 18.2. The van der Waals surface area contributed by atoms with Gasteiger partial charge in [0.1, 0.15) is 0 Å². The smallest absolute Gasteiger partial charge is 0.260 e. The van der Waals surface area contributed by atoms with Crippen molar-refractivity contribution in [3.63, 3.8) is 0 Å². The Hall–Kier alpha value is -3.46. The van der Waals surface area contributed by atoms with Crippen molar-refractivity contribution < 1.29 is 22.7 Å². The molecule has 1 aliphatic rings. The monoisotopic (exact) mass is 590 g/mol. The van der Waals surface area contributed by atoms with Crippen LogP contribution in [0.4, 0.5) is 5.13 Å². The molecule has 14 heteroatoms. The summed E-state index contributed by atoms with van der Waals surface area (Å²) < 4.78 is 39.1. The molecule has 2 aromatic carbocycles. The molecular weight excluding hydrogens is 564 g/mol. The number of ether oxygens (including phenoxy) is 2. The number of anilines is 1. The molecule has 206 valence electrons. The van der Waals surface area contributed by atoms with Gasteiger partial charge in [0, 0.05) is 56.7 Å². The van der Waals surface area contributed by atoms with Gasteiger partial charge in [0.2, 0.25) is 16.8 Å². The van der Waals surface area contributed by atoms with E-state index in [0.717, 1.165) is 9.01 Å². The van der Waals surface area contributed by atoms with Crippen molar-refractivity contribution >= 4 is 55.0 Å². The van der Waals surface area contributed by atoms with E-state index in [1.165, 1.54) is 35.6 Å². The number of hydrogen-bond donors (Lipinski definition) is 0. The fourth-order valence-electron chi connectivity index (χ4n) is 3.78. The zero-order chi connectivity index (χ0) is 27.3. The van der Waals surface area contributed by atoms with Crippen LogP contribution >= 0.6 is 23.7 Å². The zero-order valence-electron chi connectivity index (χ0n) is 21.4. The van der Waals surface area contributed by atoms with E-state index in [1.807, 2.05) is 37.2 Å². The predicted molar refractivity (Wildman–Crippen MR) is 149 cm³/mol. The van der Waals surface area contributed by atoms with Gasteiger partial charge in [-0.3, -0.25) is 9.69 Å². The van der Waals surface area contributed by atoms with Gasteiger partial charge in [-0.2, -0.15) is 14.8 Å². The summed E-state index contributed by atoms with van der Waals surface area (Å²) in [6.45, 7) is 1.08. The van der Waals surface area contributed by atoms with Crippen LogP contribution in [0.3, 0.4) is 0 Å². The standard InChI is InChI=1S/C25H26N6O5S2.ClH/c1-29(2)13-14-31(25-28-20-15-21-22(36-17-35-21)16-23(20)37-25)24(32)18-5-7-19(8-6-18)38(33,34)30(11-3-9-26)12-4-10-27;/h5-8,15-16H,3-4,11-14,17H2,1-2H3;1H. The fourth-order valence-corrected chi connectivity index (χ4v) is 6.22. The van der Waals surface area contributed by atoms with Crippen LogP contribution in [-0.4, -0.2) is 75.6 Å². The van der Waals surface area contributed by atoms with Crippen molar-refractivity contribution in [1.82, 2.24) is 14.2 Å². The molecule has 11 nitrogen and oxygen atoms in total. The van der Waals surface area contributed by atoms with E-state index < -0.39 is 10.0 Å². The lowest BCUT2D eigenvalue weighted by molar-refractivity contribution is 0.0985. The van der Waals surface area contributed by atoms with Crippen LogP contribution < -0.4 is 14.4 Å². The molecule has 4 rings (SSSR count). The number of aromatic nitrogens is 1. The molecule has 2 heterocycles. The highest BCUT2D eigenvalue weighted by Crippen LogP contribution is 2.40. The number of nitriles is 2. The van der Waals surface area contributed by atoms with Gasteiger partial charge >= 0.3 is 0 Å². The number of likely N-dealkylation sites (N-methyl/N-ethyl adjacent to an activating group) is 1. The number of benzene rings is 2. The Balaban J connectivity index is 0.00000420. The Morgan fingerprint density at radius 1 is 1.00 bits per heavy atom. The predicted octanol–water partition coefficient (Wildman–Crippen LogP) is 3.47. The summed E-state index contributed by atoms with van der Waals surface area (Å²) in [5.74, 6) is 0.922. The van der Waals surface area contributed by atoms with E-state index in [-0.39, 0.29) is 55.9 Å². The van der Waals surface area contributed by atoms with Gasteiger partial charge in [0.15, 0.2) is 16.6 Å². The summed E-state index contributed by atoms with van der Waals surface area (Å²) in [6.07, 6.45) is 0.0108. The summed E-state index contributed by atoms with van der Waals surface area (Å²) in [7, 11) is -0.125. The number of fused-ring (bicyclic) bond motifs is 2. The van der Waals surface area contributed by atoms with Crippen LogP contribution in [0.15, 0.2) is 41.3 Å². The number of halogens is 1. The average molecular weight is 591 g/mol. The first-order valence-corrected chi connectivity index (χ1v) is 14.0. The first kappa shape index (κ1) is 30.1. The molecule has 1 amide bonds. The maximum atomic E-state index is 13.6. The molecule has 0 bridgehead atoms. The molecule has 0 unspecified atom stereocenters. The van der Waals surface area contributed by atoms with Crippen molar-refractivity contribution in [2.45, 2.75) is 17.7 Å². The lowest BCUT2D eigenvalue weighted by Crippen LogP contribution is -2.36. The molecule has 0 saturated carbocycles. The first-order valence-electron chi connectivity index (χ1n) is 11.8. The van der Waals surface area contributed by atoms with E-state index in [0.29, 0.717) is 40.8 Å². The van der Waals surface area contributed by atoms with Crippen molar-refractivity contribution in [3.05, 3.63) is 42.0 Å². The molecule has 3 aromatic rings. The third kappa shape index (κ3) is 6.76. The molecule has 0 saturated heterocycles. The third-order valence-corrected chi connectivity index (χ3v) is 8.76. The molecule has 39 heavy (non-hydrogen) atoms. The SMILES string of the molecule is CN(C)CCN(C(=O)c1ccc(S(=O)(=O)N(CCC#N)CCC#N)cc1)c1nc2cc3c(cc2s1)OCO3.Cl. The number of carbonyl (C=O) groups excluding carboxylic acids is 1. The highest BCUT2D eigenvalue weighted by atomic mass is 35.5. The van der Waals surface area contributed by atoms with Crippen molar-refractivity contribution in [1.29, 1.82) is 10.5 Å². The Bertz CT molecular complexity index is 1450. The van der Waals surface area contributed by atoms with Crippen molar-refractivity contribution in [2.24, 2.45) is 0 Å². The van der Waals surface area contributed by atoms with Gasteiger partial charge in [-0.05, 0) is 38.4 Å². The second-order valence-corrected chi connectivity index (χ2v) is 11.6. The van der Waals surface area contributed by atoms with Gasteiger partial charge in [-0.15, -0.1) is 12.4 Å². The summed E-state index contributed by atoms with van der Waals surface area (Å²) in [4.78, 5) is 21.8. The molecule has 0 aliphatic carbocycles. The molecule has 0 spiro atoms. The summed E-state index contributed by atoms with van der Waals surface area (Å²) in [5, 5.41) is 18.3. The molecule has 1 aliphatic heterocycles. The van der Waals surface area contributed by atoms with Crippen LogP contribution in [0, 0.1) is 22.7 Å². The molecule has 0 fully saturated rings. The van der Waals surface area contributed by atoms with Gasteiger partial charge in [-0.1, -0.05) is 11.3 Å². The number of hydrogen-bond acceptors (Lipinski definition) is 10. The Kier molecular flexibility index (Phi) is 10.1. The molecule has 1 aromatic heterocycles. The van der Waals surface area contributed by atoms with E-state index >= 15 is 0 Å². The zero-order valence-corrected chi connectivity index (χ0v) is 23.8. The van der Waals surface area contributed by atoms with Crippen LogP contribution in [-0.2, 0) is 10.0 Å². The average Bonchev–Trinajstić information content (AvgIpc) is 3.53. The summed E-state index contributed by atoms with van der Waals surface area (Å²) in [6, 6.07) is 13.2. The largest absolute Gasteiger partial charge is 0.454 e. The molecule has 0 radical (unpaired) electrons. The van der Waals surface area contributed by atoms with Crippen LogP contribution in [0.1, 0.15) is 23.2 Å². The molecule has 0 N–H and O–H groups in total. The van der Waals surface area contributed by atoms with Gasteiger partial charge < -0.3 is 14.4 Å². The van der Waals surface area contributed by atoms with E-state index in [2.05, 4.69) is 4.98 Å². The number of nitrogens with zero attached hydrogens (tertiary/aromatic N) is 6. The minimum Gasteiger partial charge on any atom is -0.454 e. The molecular formula is C25H27ClN6O5S2. The van der Waals surface area contributed by atoms with Crippen molar-refractivity contribution in [2.75, 3.05) is 52.0 Å². The Morgan fingerprint density at radius 3 is 2.21 bits per heavy atom. The van der Waals surface area contributed by atoms with Crippen LogP contribution in [0.25, 0.3) is 10.2 Å². The van der Waals surface area contributed by atoms with E-state index in [9.17, 15) is 13.2 Å².